The van der Waals surface area contributed by atoms with E-state index in [-0.39, 0.29) is 0 Å². The molecular weight excluding hydrogens is 296 g/mol. The van der Waals surface area contributed by atoms with Crippen molar-refractivity contribution in [2.24, 2.45) is 17.8 Å². The van der Waals surface area contributed by atoms with Gasteiger partial charge in [0.2, 0.25) is 0 Å². The Morgan fingerprint density at radius 1 is 0.958 bits per heavy atom. The van der Waals surface area contributed by atoms with Gasteiger partial charge < -0.3 is 10.1 Å². The number of nitrogens with one attached hydrogen (secondary N) is 1. The number of pyridine rings is 1. The Morgan fingerprint density at radius 2 is 1.75 bits per heavy atom. The molecule has 5 rings (SSSR count). The molecular formula is C21H20N2O. The van der Waals surface area contributed by atoms with Gasteiger partial charge in [0.1, 0.15) is 5.75 Å². The van der Waals surface area contributed by atoms with Gasteiger partial charge in [0, 0.05) is 23.1 Å². The monoisotopic (exact) mass is 316 g/mol. The summed E-state index contributed by atoms with van der Waals surface area (Å²) in [7, 11) is 0. The first-order valence-electron chi connectivity index (χ1n) is 8.67. The Balaban J connectivity index is 1.30. The van der Waals surface area contributed by atoms with Crippen LogP contribution in [0.25, 0.3) is 22.0 Å². The summed E-state index contributed by atoms with van der Waals surface area (Å²) in [6, 6.07) is 18.8. The maximum atomic E-state index is 5.98. The third-order valence-corrected chi connectivity index (χ3v) is 5.49. The van der Waals surface area contributed by atoms with E-state index >= 15 is 0 Å². The molecule has 120 valence electrons. The minimum absolute atomic E-state index is 0.760. The Bertz CT molecular complexity index is 864. The van der Waals surface area contributed by atoms with Crippen molar-refractivity contribution in [1.82, 2.24) is 10.3 Å². The summed E-state index contributed by atoms with van der Waals surface area (Å²) < 4.78 is 5.98. The van der Waals surface area contributed by atoms with E-state index in [1.165, 1.54) is 24.0 Å². The van der Waals surface area contributed by atoms with Gasteiger partial charge in [-0.3, -0.25) is 4.98 Å². The molecule has 2 aliphatic rings. The third kappa shape index (κ3) is 2.45. The number of piperidine rings is 1. The molecule has 0 amide bonds. The Kier molecular flexibility index (Phi) is 3.27. The molecule has 3 nitrogen and oxygen atoms in total. The zero-order chi connectivity index (χ0) is 15.9. The molecule has 3 heteroatoms. The Hall–Kier alpha value is -2.39. The van der Waals surface area contributed by atoms with Gasteiger partial charge in [-0.1, -0.05) is 30.3 Å². The van der Waals surface area contributed by atoms with Crippen molar-refractivity contribution >= 4 is 10.9 Å². The highest BCUT2D eigenvalue weighted by atomic mass is 16.5. The van der Waals surface area contributed by atoms with E-state index in [2.05, 4.69) is 46.7 Å². The van der Waals surface area contributed by atoms with Crippen LogP contribution in [0, 0.1) is 17.8 Å². The second-order valence-electron chi connectivity index (χ2n) is 6.90. The zero-order valence-corrected chi connectivity index (χ0v) is 13.5. The molecule has 1 saturated carbocycles. The zero-order valence-electron chi connectivity index (χ0n) is 13.5. The minimum atomic E-state index is 0.760. The third-order valence-electron chi connectivity index (χ3n) is 5.49. The smallest absolute Gasteiger partial charge is 0.119 e. The largest absolute Gasteiger partial charge is 0.493 e. The first-order valence-corrected chi connectivity index (χ1v) is 8.67. The van der Waals surface area contributed by atoms with Gasteiger partial charge in [0.15, 0.2) is 0 Å². The van der Waals surface area contributed by atoms with Crippen molar-refractivity contribution in [3.63, 3.8) is 0 Å². The Labute approximate surface area is 141 Å². The van der Waals surface area contributed by atoms with Crippen molar-refractivity contribution in [1.29, 1.82) is 0 Å². The van der Waals surface area contributed by atoms with Gasteiger partial charge in [-0.15, -0.1) is 0 Å². The van der Waals surface area contributed by atoms with Crippen molar-refractivity contribution in [3.05, 3.63) is 60.8 Å². The van der Waals surface area contributed by atoms with E-state index in [4.69, 9.17) is 4.74 Å². The van der Waals surface area contributed by atoms with E-state index < -0.39 is 0 Å². The van der Waals surface area contributed by atoms with E-state index in [1.54, 1.807) is 0 Å². The predicted molar refractivity (Wildman–Crippen MR) is 96.0 cm³/mol. The standard InChI is InChI=1S/C21H20N2O/c1-2-4-21-15(3-1)9-16(10-23-21)14-5-7-17(8-6-14)24-13-20-18-11-22-12-19(18)20/h1-10,18-20,22H,11-13H2. The molecule has 2 heterocycles. The van der Waals surface area contributed by atoms with Gasteiger partial charge in [0.25, 0.3) is 0 Å². The van der Waals surface area contributed by atoms with Crippen LogP contribution in [0.15, 0.2) is 60.8 Å². The summed E-state index contributed by atoms with van der Waals surface area (Å²) in [5.74, 6) is 3.43. The molecule has 0 bridgehead atoms. The van der Waals surface area contributed by atoms with Crippen LogP contribution < -0.4 is 10.1 Å². The molecule has 1 aliphatic carbocycles. The summed E-state index contributed by atoms with van der Waals surface area (Å²) in [5, 5.41) is 4.60. The lowest BCUT2D eigenvalue weighted by atomic mass is 10.1. The SMILES string of the molecule is c1ccc2ncc(-c3ccc(OCC4C5CNCC54)cc3)cc2c1. The highest BCUT2D eigenvalue weighted by Gasteiger charge is 2.52. The fourth-order valence-corrected chi connectivity index (χ4v) is 3.96. The molecule has 1 saturated heterocycles. The quantitative estimate of drug-likeness (QED) is 0.796. The number of ether oxygens (including phenoxy) is 1. The molecule has 1 aliphatic heterocycles. The van der Waals surface area contributed by atoms with E-state index in [9.17, 15) is 0 Å². The lowest BCUT2D eigenvalue weighted by Gasteiger charge is -2.09. The number of hydrogen-bond acceptors (Lipinski definition) is 3. The summed E-state index contributed by atoms with van der Waals surface area (Å²) in [5.41, 5.74) is 3.35. The number of para-hydroxylation sites is 1. The summed E-state index contributed by atoms with van der Waals surface area (Å²) >= 11 is 0. The van der Waals surface area contributed by atoms with Gasteiger partial charge in [-0.25, -0.2) is 0 Å². The van der Waals surface area contributed by atoms with E-state index in [0.29, 0.717) is 0 Å². The van der Waals surface area contributed by atoms with Gasteiger partial charge in [0.05, 0.1) is 12.1 Å². The van der Waals surface area contributed by atoms with Crippen LogP contribution in [0.3, 0.4) is 0 Å². The number of nitrogens with zero attached hydrogens (tertiary/aromatic N) is 1. The molecule has 2 unspecified atom stereocenters. The van der Waals surface area contributed by atoms with Gasteiger partial charge in [-0.2, -0.15) is 0 Å². The number of hydrogen-bond donors (Lipinski definition) is 1. The molecule has 1 N–H and O–H groups in total. The van der Waals surface area contributed by atoms with E-state index in [0.717, 1.165) is 41.2 Å². The van der Waals surface area contributed by atoms with Crippen molar-refractivity contribution in [2.75, 3.05) is 19.7 Å². The van der Waals surface area contributed by atoms with Crippen LogP contribution in [-0.4, -0.2) is 24.7 Å². The lowest BCUT2D eigenvalue weighted by Crippen LogP contribution is -2.17. The van der Waals surface area contributed by atoms with Crippen LogP contribution >= 0.6 is 0 Å². The summed E-state index contributed by atoms with van der Waals surface area (Å²) in [4.78, 5) is 4.54. The van der Waals surface area contributed by atoms with Crippen LogP contribution in [0.1, 0.15) is 0 Å². The minimum Gasteiger partial charge on any atom is -0.493 e. The number of fused-ring (bicyclic) bond motifs is 2. The molecule has 2 fully saturated rings. The van der Waals surface area contributed by atoms with Crippen molar-refractivity contribution in [2.45, 2.75) is 0 Å². The molecule has 0 radical (unpaired) electrons. The van der Waals surface area contributed by atoms with Crippen molar-refractivity contribution < 1.29 is 4.74 Å². The summed E-state index contributed by atoms with van der Waals surface area (Å²) in [6.07, 6.45) is 1.94. The second kappa shape index (κ2) is 5.60. The fraction of sp³-hybridized carbons (Fsp3) is 0.286. The maximum Gasteiger partial charge on any atom is 0.119 e. The maximum absolute atomic E-state index is 5.98. The van der Waals surface area contributed by atoms with Crippen LogP contribution in [0.4, 0.5) is 0 Å². The normalized spacial score (nSPS) is 24.8. The lowest BCUT2D eigenvalue weighted by molar-refractivity contribution is 0.280. The average molecular weight is 316 g/mol. The highest BCUT2D eigenvalue weighted by Crippen LogP contribution is 2.48. The number of benzene rings is 2. The predicted octanol–water partition coefficient (Wildman–Crippen LogP) is 3.75. The number of aromatic nitrogens is 1. The molecule has 2 aromatic carbocycles. The fourth-order valence-electron chi connectivity index (χ4n) is 3.96. The van der Waals surface area contributed by atoms with Crippen LogP contribution in [-0.2, 0) is 0 Å². The first kappa shape index (κ1) is 14.0. The van der Waals surface area contributed by atoms with Crippen LogP contribution in [0.5, 0.6) is 5.75 Å². The van der Waals surface area contributed by atoms with Crippen LogP contribution in [0.2, 0.25) is 0 Å². The molecule has 1 aromatic heterocycles. The molecule has 3 aromatic rings. The molecule has 24 heavy (non-hydrogen) atoms. The number of rotatable bonds is 4. The molecule has 2 atom stereocenters. The second-order valence-corrected chi connectivity index (χ2v) is 6.90. The Morgan fingerprint density at radius 3 is 2.58 bits per heavy atom. The van der Waals surface area contributed by atoms with Gasteiger partial charge >= 0.3 is 0 Å². The van der Waals surface area contributed by atoms with E-state index in [1.807, 2.05) is 24.4 Å². The van der Waals surface area contributed by atoms with Gasteiger partial charge in [-0.05, 0) is 54.8 Å². The topological polar surface area (TPSA) is 34.1 Å². The molecule has 0 spiro atoms. The first-order chi connectivity index (χ1) is 11.9. The van der Waals surface area contributed by atoms with Crippen molar-refractivity contribution in [3.8, 4) is 16.9 Å². The highest BCUT2D eigenvalue weighted by molar-refractivity contribution is 5.83. The summed E-state index contributed by atoms with van der Waals surface area (Å²) in [6.45, 7) is 3.20. The average Bonchev–Trinajstić information content (AvgIpc) is 3.07.